The SMILES string of the molecule is CC(C)c1nnc2n1C[C@H](NCc1csc(-c3ccco3)n1)CC2. The van der Waals surface area contributed by atoms with Crippen LogP contribution in [0.1, 0.15) is 43.5 Å². The number of aromatic nitrogens is 4. The van der Waals surface area contributed by atoms with Crippen LogP contribution in [0.25, 0.3) is 10.8 Å². The predicted molar refractivity (Wildman–Crippen MR) is 92.9 cm³/mol. The molecule has 0 aromatic carbocycles. The molecule has 126 valence electrons. The molecule has 4 rings (SSSR count). The summed E-state index contributed by atoms with van der Waals surface area (Å²) in [7, 11) is 0. The highest BCUT2D eigenvalue weighted by Gasteiger charge is 2.23. The molecule has 6 nitrogen and oxygen atoms in total. The number of fused-ring (bicyclic) bond motifs is 1. The van der Waals surface area contributed by atoms with Crippen LogP contribution in [-0.2, 0) is 19.5 Å². The van der Waals surface area contributed by atoms with Crippen LogP contribution in [0.3, 0.4) is 0 Å². The Kier molecular flexibility index (Phi) is 4.20. The molecular formula is C17H21N5OS. The third-order valence-electron chi connectivity index (χ3n) is 4.35. The molecule has 0 spiro atoms. The third-order valence-corrected chi connectivity index (χ3v) is 5.25. The Labute approximate surface area is 144 Å². The molecule has 1 N–H and O–H groups in total. The van der Waals surface area contributed by atoms with Crippen molar-refractivity contribution in [3.8, 4) is 10.8 Å². The predicted octanol–water partition coefficient (Wildman–Crippen LogP) is 3.22. The Morgan fingerprint density at radius 1 is 1.42 bits per heavy atom. The number of nitrogens with one attached hydrogen (secondary N) is 1. The van der Waals surface area contributed by atoms with Crippen molar-refractivity contribution in [1.29, 1.82) is 0 Å². The fourth-order valence-electron chi connectivity index (χ4n) is 3.09. The van der Waals surface area contributed by atoms with E-state index in [4.69, 9.17) is 4.42 Å². The highest BCUT2D eigenvalue weighted by molar-refractivity contribution is 7.13. The van der Waals surface area contributed by atoms with E-state index in [1.165, 1.54) is 0 Å². The minimum Gasteiger partial charge on any atom is -0.462 e. The molecule has 0 saturated heterocycles. The maximum Gasteiger partial charge on any atom is 0.162 e. The van der Waals surface area contributed by atoms with Crippen LogP contribution in [0.4, 0.5) is 0 Å². The van der Waals surface area contributed by atoms with Crippen molar-refractivity contribution in [1.82, 2.24) is 25.1 Å². The van der Waals surface area contributed by atoms with Gasteiger partial charge in [0, 0.05) is 36.9 Å². The lowest BCUT2D eigenvalue weighted by molar-refractivity contribution is 0.369. The molecular weight excluding hydrogens is 322 g/mol. The average molecular weight is 343 g/mol. The summed E-state index contributed by atoms with van der Waals surface area (Å²) in [5.74, 6) is 3.44. The average Bonchev–Trinajstić information content (AvgIpc) is 3.31. The van der Waals surface area contributed by atoms with Crippen LogP contribution in [0, 0.1) is 0 Å². The summed E-state index contributed by atoms with van der Waals surface area (Å²) in [6, 6.07) is 4.26. The van der Waals surface area contributed by atoms with Gasteiger partial charge in [0.2, 0.25) is 0 Å². The zero-order valence-corrected chi connectivity index (χ0v) is 14.7. The van der Waals surface area contributed by atoms with Crippen molar-refractivity contribution in [2.24, 2.45) is 0 Å². The van der Waals surface area contributed by atoms with Crippen molar-refractivity contribution >= 4 is 11.3 Å². The van der Waals surface area contributed by atoms with E-state index in [9.17, 15) is 0 Å². The molecule has 0 aliphatic carbocycles. The van der Waals surface area contributed by atoms with Gasteiger partial charge >= 0.3 is 0 Å². The molecule has 0 amide bonds. The second-order valence-electron chi connectivity index (χ2n) is 6.48. The zero-order chi connectivity index (χ0) is 16.5. The highest BCUT2D eigenvalue weighted by atomic mass is 32.1. The maximum absolute atomic E-state index is 5.40. The van der Waals surface area contributed by atoms with Gasteiger partial charge in [-0.2, -0.15) is 0 Å². The quantitative estimate of drug-likeness (QED) is 0.770. The Bertz CT molecular complexity index is 805. The molecule has 4 heterocycles. The van der Waals surface area contributed by atoms with Crippen molar-refractivity contribution in [2.75, 3.05) is 0 Å². The van der Waals surface area contributed by atoms with Crippen LogP contribution in [0.2, 0.25) is 0 Å². The monoisotopic (exact) mass is 343 g/mol. The fraction of sp³-hybridized carbons (Fsp3) is 0.471. The largest absolute Gasteiger partial charge is 0.462 e. The first kappa shape index (κ1) is 15.5. The molecule has 0 bridgehead atoms. The number of rotatable bonds is 5. The van der Waals surface area contributed by atoms with Gasteiger partial charge in [0.05, 0.1) is 12.0 Å². The lowest BCUT2D eigenvalue weighted by Crippen LogP contribution is -2.37. The van der Waals surface area contributed by atoms with E-state index >= 15 is 0 Å². The topological polar surface area (TPSA) is 68.8 Å². The molecule has 0 radical (unpaired) electrons. The molecule has 24 heavy (non-hydrogen) atoms. The third kappa shape index (κ3) is 3.01. The van der Waals surface area contributed by atoms with E-state index in [1.807, 2.05) is 12.1 Å². The zero-order valence-electron chi connectivity index (χ0n) is 13.9. The second kappa shape index (κ2) is 6.49. The molecule has 1 atom stereocenters. The number of aryl methyl sites for hydroxylation is 1. The molecule has 3 aromatic heterocycles. The minimum absolute atomic E-state index is 0.402. The first-order chi connectivity index (χ1) is 11.7. The van der Waals surface area contributed by atoms with Crippen LogP contribution in [0.5, 0.6) is 0 Å². The van der Waals surface area contributed by atoms with Gasteiger partial charge < -0.3 is 14.3 Å². The summed E-state index contributed by atoms with van der Waals surface area (Å²) < 4.78 is 7.68. The molecule has 3 aromatic rings. The van der Waals surface area contributed by atoms with E-state index in [-0.39, 0.29) is 0 Å². The fourth-order valence-corrected chi connectivity index (χ4v) is 3.88. The summed E-state index contributed by atoms with van der Waals surface area (Å²) in [4.78, 5) is 4.65. The summed E-state index contributed by atoms with van der Waals surface area (Å²) in [6.45, 7) is 6.04. The van der Waals surface area contributed by atoms with Crippen LogP contribution >= 0.6 is 11.3 Å². The van der Waals surface area contributed by atoms with E-state index in [2.05, 4.69) is 44.3 Å². The standard InChI is InChI=1S/C17H21N5OS/c1-11(2)16-21-20-15-6-5-12(9-22(15)16)18-8-13-10-24-17(19-13)14-4-3-7-23-14/h3-4,7,10-12,18H,5-6,8-9H2,1-2H3/t12-/m1/s1. The van der Waals surface area contributed by atoms with Gasteiger partial charge in [-0.05, 0) is 18.6 Å². The molecule has 0 unspecified atom stereocenters. The Hall–Kier alpha value is -1.99. The Morgan fingerprint density at radius 3 is 3.12 bits per heavy atom. The second-order valence-corrected chi connectivity index (χ2v) is 7.34. The first-order valence-corrected chi connectivity index (χ1v) is 9.22. The number of hydrogen-bond acceptors (Lipinski definition) is 6. The van der Waals surface area contributed by atoms with Gasteiger partial charge in [-0.15, -0.1) is 21.5 Å². The molecule has 7 heteroatoms. The Morgan fingerprint density at radius 2 is 2.33 bits per heavy atom. The Balaban J connectivity index is 1.39. The molecule has 0 saturated carbocycles. The summed E-state index contributed by atoms with van der Waals surface area (Å²) >= 11 is 1.62. The van der Waals surface area contributed by atoms with Crippen molar-refractivity contribution in [3.63, 3.8) is 0 Å². The smallest absolute Gasteiger partial charge is 0.162 e. The minimum atomic E-state index is 0.402. The normalized spacial score (nSPS) is 17.4. The summed E-state index contributed by atoms with van der Waals surface area (Å²) in [5.41, 5.74) is 1.06. The van der Waals surface area contributed by atoms with Gasteiger partial charge in [0.25, 0.3) is 0 Å². The van der Waals surface area contributed by atoms with Gasteiger partial charge in [0.1, 0.15) is 11.6 Å². The number of thiazole rings is 1. The lowest BCUT2D eigenvalue weighted by atomic mass is 10.1. The van der Waals surface area contributed by atoms with Gasteiger partial charge in [-0.25, -0.2) is 4.98 Å². The lowest BCUT2D eigenvalue weighted by Gasteiger charge is -2.25. The molecule has 1 aliphatic rings. The number of furan rings is 1. The number of nitrogens with zero attached hydrogens (tertiary/aromatic N) is 4. The van der Waals surface area contributed by atoms with Crippen LogP contribution in [0.15, 0.2) is 28.2 Å². The van der Waals surface area contributed by atoms with E-state index < -0.39 is 0 Å². The van der Waals surface area contributed by atoms with E-state index in [0.717, 1.165) is 54.0 Å². The summed E-state index contributed by atoms with van der Waals surface area (Å²) in [6.07, 6.45) is 3.75. The van der Waals surface area contributed by atoms with Crippen LogP contribution in [-0.4, -0.2) is 25.8 Å². The van der Waals surface area contributed by atoms with Crippen LogP contribution < -0.4 is 5.32 Å². The molecule has 0 fully saturated rings. The van der Waals surface area contributed by atoms with Crippen molar-refractivity contribution in [2.45, 2.75) is 51.7 Å². The van der Waals surface area contributed by atoms with E-state index in [1.54, 1.807) is 17.6 Å². The first-order valence-electron chi connectivity index (χ1n) is 8.34. The van der Waals surface area contributed by atoms with E-state index in [0.29, 0.717) is 12.0 Å². The van der Waals surface area contributed by atoms with Gasteiger partial charge in [-0.3, -0.25) is 0 Å². The van der Waals surface area contributed by atoms with Crippen molar-refractivity contribution < 1.29 is 4.42 Å². The maximum atomic E-state index is 5.40. The van der Waals surface area contributed by atoms with Crippen molar-refractivity contribution in [3.05, 3.63) is 41.1 Å². The summed E-state index contributed by atoms with van der Waals surface area (Å²) in [5, 5.41) is 15.3. The molecule has 1 aliphatic heterocycles. The van der Waals surface area contributed by atoms with Gasteiger partial charge in [-0.1, -0.05) is 13.8 Å². The number of hydrogen-bond donors (Lipinski definition) is 1. The van der Waals surface area contributed by atoms with Gasteiger partial charge in [0.15, 0.2) is 10.8 Å². The highest BCUT2D eigenvalue weighted by Crippen LogP contribution is 2.24.